The summed E-state index contributed by atoms with van der Waals surface area (Å²) < 4.78 is 1.68. The number of rotatable bonds is 1. The largest absolute Gasteiger partial charge is 0.367 e. The van der Waals surface area contributed by atoms with Crippen molar-refractivity contribution in [2.24, 2.45) is 0 Å². The van der Waals surface area contributed by atoms with Crippen molar-refractivity contribution in [3.63, 3.8) is 0 Å². The molecule has 3 aromatic carbocycles. The standard InChI is InChI=1S/C24H20ClN3O2/c25-19-9-3-6-12-22(19)26-13-15-27(16-14-26)24(30)28-20-10-4-1-7-17(20)23(29)18-8-2-5-11-21(18)28/h1-12H,13-16H2. The molecule has 6 heteroatoms. The second kappa shape index (κ2) is 7.50. The van der Waals surface area contributed by atoms with E-state index in [0.29, 0.717) is 48.0 Å². The number of amides is 1. The number of halogens is 1. The lowest BCUT2D eigenvalue weighted by molar-refractivity contribution is 0.198. The molecule has 0 spiro atoms. The number of pyridine rings is 1. The summed E-state index contributed by atoms with van der Waals surface area (Å²) in [5.74, 6) is 0. The molecule has 0 N–H and O–H groups in total. The minimum Gasteiger partial charge on any atom is -0.367 e. The summed E-state index contributed by atoms with van der Waals surface area (Å²) in [4.78, 5) is 30.6. The number of carbonyl (C=O) groups excluding carboxylic acids is 1. The molecule has 0 radical (unpaired) electrons. The molecule has 1 aromatic heterocycles. The van der Waals surface area contributed by atoms with Crippen molar-refractivity contribution >= 4 is 45.1 Å². The Balaban J connectivity index is 1.52. The minimum atomic E-state index is -0.110. The number of aromatic nitrogens is 1. The first-order chi connectivity index (χ1) is 14.6. The Morgan fingerprint density at radius 1 is 0.733 bits per heavy atom. The number of piperazine rings is 1. The average molecular weight is 418 g/mol. The molecule has 0 bridgehead atoms. The van der Waals surface area contributed by atoms with E-state index < -0.39 is 0 Å². The maximum Gasteiger partial charge on any atom is 0.329 e. The molecule has 2 heterocycles. The zero-order valence-corrected chi connectivity index (χ0v) is 17.0. The number of carbonyl (C=O) groups is 1. The molecule has 0 aliphatic carbocycles. The highest BCUT2D eigenvalue weighted by atomic mass is 35.5. The molecule has 30 heavy (non-hydrogen) atoms. The zero-order chi connectivity index (χ0) is 20.7. The molecule has 0 saturated carbocycles. The van der Waals surface area contributed by atoms with E-state index in [1.165, 1.54) is 0 Å². The van der Waals surface area contributed by atoms with Crippen LogP contribution < -0.4 is 10.3 Å². The summed E-state index contributed by atoms with van der Waals surface area (Å²) in [5.41, 5.74) is 2.22. The minimum absolute atomic E-state index is 0.0474. The highest BCUT2D eigenvalue weighted by Gasteiger charge is 2.25. The Labute approximate surface area is 178 Å². The van der Waals surface area contributed by atoms with E-state index in [1.807, 2.05) is 65.6 Å². The lowest BCUT2D eigenvalue weighted by Crippen LogP contribution is -2.50. The van der Waals surface area contributed by atoms with Crippen LogP contribution >= 0.6 is 11.6 Å². The van der Waals surface area contributed by atoms with Gasteiger partial charge >= 0.3 is 6.03 Å². The average Bonchev–Trinajstić information content (AvgIpc) is 2.80. The van der Waals surface area contributed by atoms with Crippen molar-refractivity contribution in [3.8, 4) is 0 Å². The predicted octanol–water partition coefficient (Wildman–Crippen LogP) is 4.60. The van der Waals surface area contributed by atoms with Gasteiger partial charge in [0, 0.05) is 37.0 Å². The number of nitrogens with zero attached hydrogens (tertiary/aromatic N) is 3. The first-order valence-corrected chi connectivity index (χ1v) is 10.3. The van der Waals surface area contributed by atoms with Gasteiger partial charge in [0.05, 0.1) is 21.7 Å². The first-order valence-electron chi connectivity index (χ1n) is 9.96. The number of hydrogen-bond donors (Lipinski definition) is 0. The van der Waals surface area contributed by atoms with Gasteiger partial charge in [-0.05, 0) is 36.4 Å². The summed E-state index contributed by atoms with van der Waals surface area (Å²) in [6.45, 7) is 2.56. The molecular formula is C24H20ClN3O2. The molecule has 0 unspecified atom stereocenters. The van der Waals surface area contributed by atoms with Gasteiger partial charge in [-0.25, -0.2) is 4.79 Å². The maximum atomic E-state index is 13.6. The van der Waals surface area contributed by atoms with Gasteiger partial charge in [0.15, 0.2) is 5.43 Å². The highest BCUT2D eigenvalue weighted by molar-refractivity contribution is 6.33. The number of fused-ring (bicyclic) bond motifs is 2. The molecule has 1 fully saturated rings. The van der Waals surface area contributed by atoms with Gasteiger partial charge in [-0.1, -0.05) is 48.0 Å². The summed E-state index contributed by atoms with van der Waals surface area (Å²) in [5, 5.41) is 1.83. The number of hydrogen-bond acceptors (Lipinski definition) is 3. The van der Waals surface area contributed by atoms with Crippen molar-refractivity contribution < 1.29 is 4.79 Å². The molecule has 1 saturated heterocycles. The van der Waals surface area contributed by atoms with E-state index in [9.17, 15) is 9.59 Å². The normalized spacial score (nSPS) is 14.4. The summed E-state index contributed by atoms with van der Waals surface area (Å²) in [7, 11) is 0. The fraction of sp³-hybridized carbons (Fsp3) is 0.167. The van der Waals surface area contributed by atoms with E-state index in [0.717, 1.165) is 10.7 Å². The van der Waals surface area contributed by atoms with Crippen LogP contribution in [0.5, 0.6) is 0 Å². The lowest BCUT2D eigenvalue weighted by Gasteiger charge is -2.37. The SMILES string of the molecule is O=C(N1CCN(c2ccccc2Cl)CC1)n1c2ccccc2c(=O)c2ccccc21. The second-order valence-electron chi connectivity index (χ2n) is 7.41. The summed E-state index contributed by atoms with van der Waals surface area (Å²) >= 11 is 6.34. The third kappa shape index (κ3) is 3.02. The van der Waals surface area contributed by atoms with Gasteiger partial charge in [-0.2, -0.15) is 0 Å². The molecular weight excluding hydrogens is 398 g/mol. The highest BCUT2D eigenvalue weighted by Crippen LogP contribution is 2.27. The monoisotopic (exact) mass is 417 g/mol. The quantitative estimate of drug-likeness (QED) is 0.425. The Kier molecular flexibility index (Phi) is 4.68. The molecule has 150 valence electrons. The molecule has 5 nitrogen and oxygen atoms in total. The Hall–Kier alpha value is -3.31. The van der Waals surface area contributed by atoms with Crippen LogP contribution in [-0.2, 0) is 0 Å². The van der Waals surface area contributed by atoms with Crippen LogP contribution in [0.3, 0.4) is 0 Å². The third-order valence-electron chi connectivity index (χ3n) is 5.71. The molecule has 4 aromatic rings. The Morgan fingerprint density at radius 3 is 1.87 bits per heavy atom. The van der Waals surface area contributed by atoms with Crippen LogP contribution in [0.25, 0.3) is 21.8 Å². The van der Waals surface area contributed by atoms with Crippen LogP contribution in [0.4, 0.5) is 10.5 Å². The topological polar surface area (TPSA) is 45.6 Å². The van der Waals surface area contributed by atoms with Gasteiger partial charge < -0.3 is 9.80 Å². The lowest BCUT2D eigenvalue weighted by atomic mass is 10.1. The number of anilines is 1. The molecule has 1 aliphatic rings. The van der Waals surface area contributed by atoms with E-state index in [4.69, 9.17) is 11.6 Å². The van der Waals surface area contributed by atoms with Crippen LogP contribution in [0.15, 0.2) is 77.6 Å². The summed E-state index contributed by atoms with van der Waals surface area (Å²) in [6, 6.07) is 22.3. The van der Waals surface area contributed by atoms with Crippen molar-refractivity contribution in [1.29, 1.82) is 0 Å². The molecule has 1 amide bonds. The molecule has 1 aliphatic heterocycles. The summed E-state index contributed by atoms with van der Waals surface area (Å²) in [6.07, 6.45) is 0. The number of para-hydroxylation sites is 3. The van der Waals surface area contributed by atoms with Crippen LogP contribution in [-0.4, -0.2) is 41.7 Å². The van der Waals surface area contributed by atoms with E-state index in [2.05, 4.69) is 4.90 Å². The smallest absolute Gasteiger partial charge is 0.329 e. The van der Waals surface area contributed by atoms with Gasteiger partial charge in [0.2, 0.25) is 0 Å². The first kappa shape index (κ1) is 18.7. The third-order valence-corrected chi connectivity index (χ3v) is 6.03. The zero-order valence-electron chi connectivity index (χ0n) is 16.3. The van der Waals surface area contributed by atoms with E-state index in [1.54, 1.807) is 16.7 Å². The predicted molar refractivity (Wildman–Crippen MR) is 122 cm³/mol. The second-order valence-corrected chi connectivity index (χ2v) is 7.81. The maximum absolute atomic E-state index is 13.6. The number of benzene rings is 3. The molecule has 5 rings (SSSR count). The van der Waals surface area contributed by atoms with Crippen molar-refractivity contribution in [2.75, 3.05) is 31.1 Å². The van der Waals surface area contributed by atoms with Gasteiger partial charge in [-0.3, -0.25) is 9.36 Å². The fourth-order valence-corrected chi connectivity index (χ4v) is 4.45. The van der Waals surface area contributed by atoms with Gasteiger partial charge in [-0.15, -0.1) is 0 Å². The van der Waals surface area contributed by atoms with Crippen LogP contribution in [0, 0.1) is 0 Å². The van der Waals surface area contributed by atoms with Crippen LogP contribution in [0.2, 0.25) is 5.02 Å². The van der Waals surface area contributed by atoms with Crippen molar-refractivity contribution in [1.82, 2.24) is 9.47 Å². The fourth-order valence-electron chi connectivity index (χ4n) is 4.19. The van der Waals surface area contributed by atoms with Crippen molar-refractivity contribution in [2.45, 2.75) is 0 Å². The van der Waals surface area contributed by atoms with Gasteiger partial charge in [0.25, 0.3) is 0 Å². The Bertz CT molecular complexity index is 1260. The van der Waals surface area contributed by atoms with E-state index in [-0.39, 0.29) is 11.5 Å². The molecule has 0 atom stereocenters. The van der Waals surface area contributed by atoms with Gasteiger partial charge in [0.1, 0.15) is 0 Å². The Morgan fingerprint density at radius 2 is 1.27 bits per heavy atom. The van der Waals surface area contributed by atoms with Crippen molar-refractivity contribution in [3.05, 3.63) is 88.0 Å². The van der Waals surface area contributed by atoms with E-state index >= 15 is 0 Å². The van der Waals surface area contributed by atoms with Crippen LogP contribution in [0.1, 0.15) is 0 Å².